The average molecular weight is 499 g/mol. The third-order valence-corrected chi connectivity index (χ3v) is 8.73. The van der Waals surface area contributed by atoms with Crippen molar-refractivity contribution in [1.82, 2.24) is 4.31 Å². The van der Waals surface area contributed by atoms with Gasteiger partial charge in [-0.2, -0.15) is 9.57 Å². The Hall–Kier alpha value is -3.26. The standard InChI is InChI=1S/C24H23FN4O3S2/c1-2-21-14-18(16-26)24(33-21)27-23(30)17-4-3-5-22(15-17)34(31,32)29-12-10-28(11-13-29)20-8-6-19(25)7-9-20/h3-9,14-15H,2,10-13H2,1H3,(H,27,30). The van der Waals surface area contributed by atoms with Crippen molar-refractivity contribution < 1.29 is 17.6 Å². The molecule has 176 valence electrons. The average Bonchev–Trinajstić information content (AvgIpc) is 3.26. The Labute approximate surface area is 202 Å². The normalized spacial score (nSPS) is 14.6. The molecule has 1 amide bonds. The number of carbonyl (C=O) groups excluding carboxylic acids is 1. The van der Waals surface area contributed by atoms with Crippen LogP contribution in [0.1, 0.15) is 27.7 Å². The van der Waals surface area contributed by atoms with E-state index in [0.717, 1.165) is 17.0 Å². The first-order chi connectivity index (χ1) is 16.3. The number of piperazine rings is 1. The van der Waals surface area contributed by atoms with Crippen molar-refractivity contribution in [2.45, 2.75) is 18.2 Å². The van der Waals surface area contributed by atoms with Crippen molar-refractivity contribution in [2.75, 3.05) is 36.4 Å². The third kappa shape index (κ3) is 4.97. The lowest BCUT2D eigenvalue weighted by atomic mass is 10.2. The lowest BCUT2D eigenvalue weighted by molar-refractivity contribution is 0.102. The number of nitrogens with one attached hydrogen (secondary N) is 1. The predicted octanol–water partition coefficient (Wildman–Crippen LogP) is 4.08. The number of halogens is 1. The molecular formula is C24H23FN4O3S2. The summed E-state index contributed by atoms with van der Waals surface area (Å²) in [5, 5.41) is 12.5. The molecule has 10 heteroatoms. The summed E-state index contributed by atoms with van der Waals surface area (Å²) in [6.45, 7) is 3.46. The van der Waals surface area contributed by atoms with Gasteiger partial charge < -0.3 is 10.2 Å². The zero-order valence-electron chi connectivity index (χ0n) is 18.5. The highest BCUT2D eigenvalue weighted by molar-refractivity contribution is 7.89. The molecule has 1 saturated heterocycles. The molecule has 1 fully saturated rings. The third-order valence-electron chi connectivity index (χ3n) is 5.64. The molecule has 3 aromatic rings. The molecule has 1 aliphatic heterocycles. The number of benzene rings is 2. The topological polar surface area (TPSA) is 93.5 Å². The van der Waals surface area contributed by atoms with Crippen LogP contribution in [0, 0.1) is 17.1 Å². The van der Waals surface area contributed by atoms with E-state index in [1.165, 1.54) is 46.0 Å². The van der Waals surface area contributed by atoms with E-state index in [4.69, 9.17) is 0 Å². The highest BCUT2D eigenvalue weighted by atomic mass is 32.2. The van der Waals surface area contributed by atoms with Crippen LogP contribution in [-0.2, 0) is 16.4 Å². The van der Waals surface area contributed by atoms with Gasteiger partial charge in [0.25, 0.3) is 5.91 Å². The van der Waals surface area contributed by atoms with Gasteiger partial charge in [0.05, 0.1) is 10.5 Å². The molecule has 2 aromatic carbocycles. The van der Waals surface area contributed by atoms with E-state index in [0.29, 0.717) is 23.7 Å². The molecule has 0 saturated carbocycles. The zero-order valence-corrected chi connectivity index (χ0v) is 20.1. The van der Waals surface area contributed by atoms with Gasteiger partial charge in [-0.3, -0.25) is 4.79 Å². The second-order valence-corrected chi connectivity index (χ2v) is 10.8. The summed E-state index contributed by atoms with van der Waals surface area (Å²) in [5.74, 6) is -0.790. The van der Waals surface area contributed by atoms with Crippen LogP contribution in [0.2, 0.25) is 0 Å². The van der Waals surface area contributed by atoms with Crippen molar-refractivity contribution in [3.05, 3.63) is 76.4 Å². The number of nitriles is 1. The van der Waals surface area contributed by atoms with Crippen LogP contribution >= 0.6 is 11.3 Å². The van der Waals surface area contributed by atoms with E-state index in [2.05, 4.69) is 11.4 Å². The lowest BCUT2D eigenvalue weighted by Crippen LogP contribution is -2.48. The van der Waals surface area contributed by atoms with Crippen molar-refractivity contribution in [2.24, 2.45) is 0 Å². The van der Waals surface area contributed by atoms with E-state index in [9.17, 15) is 22.9 Å². The smallest absolute Gasteiger partial charge is 0.256 e. The Morgan fingerprint density at radius 1 is 1.12 bits per heavy atom. The molecule has 0 spiro atoms. The monoisotopic (exact) mass is 498 g/mol. The molecule has 1 aliphatic rings. The number of nitrogens with zero attached hydrogens (tertiary/aromatic N) is 3. The fourth-order valence-electron chi connectivity index (χ4n) is 3.75. The van der Waals surface area contributed by atoms with Gasteiger partial charge >= 0.3 is 0 Å². The fourth-order valence-corrected chi connectivity index (χ4v) is 6.16. The minimum atomic E-state index is -3.80. The Morgan fingerprint density at radius 3 is 2.47 bits per heavy atom. The molecule has 34 heavy (non-hydrogen) atoms. The second kappa shape index (κ2) is 9.93. The van der Waals surface area contributed by atoms with Crippen LogP contribution in [-0.4, -0.2) is 44.8 Å². The Kier molecular flexibility index (Phi) is 6.97. The van der Waals surface area contributed by atoms with Crippen LogP contribution in [0.15, 0.2) is 59.5 Å². The Balaban J connectivity index is 1.47. The largest absolute Gasteiger partial charge is 0.369 e. The summed E-state index contributed by atoms with van der Waals surface area (Å²) < 4.78 is 41.0. The van der Waals surface area contributed by atoms with Gasteiger partial charge in [-0.1, -0.05) is 13.0 Å². The lowest BCUT2D eigenvalue weighted by Gasteiger charge is -2.35. The maximum atomic E-state index is 13.2. The molecule has 2 heterocycles. The quantitative estimate of drug-likeness (QED) is 0.553. The number of hydrogen-bond donors (Lipinski definition) is 1. The summed E-state index contributed by atoms with van der Waals surface area (Å²) in [4.78, 5) is 15.8. The number of rotatable bonds is 6. The van der Waals surface area contributed by atoms with Crippen LogP contribution in [0.4, 0.5) is 15.1 Å². The van der Waals surface area contributed by atoms with E-state index in [-0.39, 0.29) is 29.4 Å². The van der Waals surface area contributed by atoms with Crippen LogP contribution < -0.4 is 10.2 Å². The highest BCUT2D eigenvalue weighted by Gasteiger charge is 2.29. The maximum absolute atomic E-state index is 13.2. The fraction of sp³-hybridized carbons (Fsp3) is 0.250. The molecular weight excluding hydrogens is 475 g/mol. The molecule has 0 atom stereocenters. The zero-order chi connectivity index (χ0) is 24.3. The summed E-state index contributed by atoms with van der Waals surface area (Å²) >= 11 is 1.33. The molecule has 1 aromatic heterocycles. The van der Waals surface area contributed by atoms with E-state index >= 15 is 0 Å². The minimum Gasteiger partial charge on any atom is -0.369 e. The summed E-state index contributed by atoms with van der Waals surface area (Å²) in [7, 11) is -3.80. The minimum absolute atomic E-state index is 0.0383. The first-order valence-corrected chi connectivity index (χ1v) is 13.0. The molecule has 0 bridgehead atoms. The highest BCUT2D eigenvalue weighted by Crippen LogP contribution is 2.29. The second-order valence-electron chi connectivity index (χ2n) is 7.77. The van der Waals surface area contributed by atoms with E-state index < -0.39 is 15.9 Å². The van der Waals surface area contributed by atoms with Gasteiger partial charge in [0.15, 0.2) is 0 Å². The molecule has 0 unspecified atom stereocenters. The number of aryl methyl sites for hydroxylation is 1. The number of carbonyl (C=O) groups is 1. The van der Waals surface area contributed by atoms with Gasteiger partial charge in [-0.15, -0.1) is 11.3 Å². The maximum Gasteiger partial charge on any atom is 0.256 e. The Bertz CT molecular complexity index is 1340. The predicted molar refractivity (Wildman–Crippen MR) is 130 cm³/mol. The summed E-state index contributed by atoms with van der Waals surface area (Å²) in [6.07, 6.45) is 0.747. The molecule has 1 N–H and O–H groups in total. The molecule has 0 radical (unpaired) electrons. The number of hydrogen-bond acceptors (Lipinski definition) is 6. The van der Waals surface area contributed by atoms with Crippen molar-refractivity contribution in [3.8, 4) is 6.07 Å². The number of amides is 1. The number of thiophene rings is 1. The Morgan fingerprint density at radius 2 is 1.82 bits per heavy atom. The van der Waals surface area contributed by atoms with Crippen LogP contribution in [0.3, 0.4) is 0 Å². The summed E-state index contributed by atoms with van der Waals surface area (Å²) in [5.41, 5.74) is 1.42. The SMILES string of the molecule is CCc1cc(C#N)c(NC(=O)c2cccc(S(=O)(=O)N3CCN(c4ccc(F)cc4)CC3)c2)s1. The van der Waals surface area contributed by atoms with Crippen molar-refractivity contribution in [3.63, 3.8) is 0 Å². The first-order valence-electron chi connectivity index (χ1n) is 10.8. The molecule has 0 aliphatic carbocycles. The van der Waals surface area contributed by atoms with Crippen molar-refractivity contribution >= 4 is 38.0 Å². The number of sulfonamides is 1. The van der Waals surface area contributed by atoms with Gasteiger partial charge in [0, 0.05) is 42.3 Å². The van der Waals surface area contributed by atoms with Gasteiger partial charge in [-0.25, -0.2) is 12.8 Å². The first kappa shape index (κ1) is 23.9. The van der Waals surface area contributed by atoms with Gasteiger partial charge in [0.2, 0.25) is 10.0 Å². The van der Waals surface area contributed by atoms with E-state index in [1.807, 2.05) is 11.8 Å². The van der Waals surface area contributed by atoms with E-state index in [1.54, 1.807) is 24.3 Å². The molecule has 4 rings (SSSR count). The van der Waals surface area contributed by atoms with Gasteiger partial charge in [0.1, 0.15) is 16.9 Å². The van der Waals surface area contributed by atoms with Crippen LogP contribution in [0.25, 0.3) is 0 Å². The molecule has 7 nitrogen and oxygen atoms in total. The summed E-state index contributed by atoms with van der Waals surface area (Å²) in [6, 6.07) is 15.8. The van der Waals surface area contributed by atoms with Gasteiger partial charge in [-0.05, 0) is 55.0 Å². The van der Waals surface area contributed by atoms with Crippen molar-refractivity contribution in [1.29, 1.82) is 5.26 Å². The van der Waals surface area contributed by atoms with Crippen LogP contribution in [0.5, 0.6) is 0 Å². The number of anilines is 2.